The van der Waals surface area contributed by atoms with Crippen molar-refractivity contribution in [2.24, 2.45) is 11.8 Å². The van der Waals surface area contributed by atoms with Crippen LogP contribution in [0.15, 0.2) is 24.5 Å². The summed E-state index contributed by atoms with van der Waals surface area (Å²) in [6.07, 6.45) is 7.58. The molecule has 2 saturated carbocycles. The predicted molar refractivity (Wildman–Crippen MR) is 124 cm³/mol. The monoisotopic (exact) mass is 492 g/mol. The molecule has 11 heteroatoms. The molecule has 0 unspecified atom stereocenters. The first-order chi connectivity index (χ1) is 16.9. The van der Waals surface area contributed by atoms with Gasteiger partial charge >= 0.3 is 11.9 Å². The summed E-state index contributed by atoms with van der Waals surface area (Å²) in [7, 11) is 5.48. The summed E-state index contributed by atoms with van der Waals surface area (Å²) in [6, 6.07) is 2.83. The number of nitrogens with zero attached hydrogens (tertiary/aromatic N) is 2. The van der Waals surface area contributed by atoms with E-state index in [-0.39, 0.29) is 22.9 Å². The number of aromatic nitrogens is 2. The second kappa shape index (κ2) is 14.0. The van der Waals surface area contributed by atoms with Crippen LogP contribution in [0.1, 0.15) is 46.7 Å². The summed E-state index contributed by atoms with van der Waals surface area (Å²) < 4.78 is 24.5. The van der Waals surface area contributed by atoms with Gasteiger partial charge in [-0.2, -0.15) is 0 Å². The Kier molecular flexibility index (Phi) is 11.0. The minimum absolute atomic E-state index is 0.0946. The zero-order chi connectivity index (χ0) is 25.8. The lowest BCUT2D eigenvalue weighted by Gasteiger charge is -2.10. The molecule has 2 aromatic heterocycles. The van der Waals surface area contributed by atoms with Crippen molar-refractivity contribution in [1.82, 2.24) is 9.97 Å². The van der Waals surface area contributed by atoms with Gasteiger partial charge in [-0.25, -0.2) is 19.6 Å². The third kappa shape index (κ3) is 9.28. The van der Waals surface area contributed by atoms with Crippen LogP contribution in [0.2, 0.25) is 0 Å². The van der Waals surface area contributed by atoms with Crippen LogP contribution in [0, 0.1) is 11.8 Å². The van der Waals surface area contributed by atoms with Gasteiger partial charge in [0.05, 0.1) is 47.4 Å². The van der Waals surface area contributed by atoms with Crippen molar-refractivity contribution < 1.29 is 43.5 Å². The molecule has 11 nitrogen and oxygen atoms in total. The molecule has 0 spiro atoms. The van der Waals surface area contributed by atoms with E-state index in [0.29, 0.717) is 36.5 Å². The maximum atomic E-state index is 11.3. The lowest BCUT2D eigenvalue weighted by Crippen LogP contribution is -2.06. The molecule has 0 bridgehead atoms. The molecule has 0 radical (unpaired) electrons. The molecule has 0 aliphatic heterocycles. The molecule has 35 heavy (non-hydrogen) atoms. The fourth-order valence-electron chi connectivity index (χ4n) is 2.51. The third-order valence-electron chi connectivity index (χ3n) is 5.03. The average molecular weight is 493 g/mol. The highest BCUT2D eigenvalue weighted by atomic mass is 16.5. The summed E-state index contributed by atoms with van der Waals surface area (Å²) in [4.78, 5) is 29.9. The second-order valence-corrected chi connectivity index (χ2v) is 7.83. The maximum absolute atomic E-state index is 11.3. The Morgan fingerprint density at radius 2 is 1.34 bits per heavy atom. The molecule has 2 aliphatic rings. The standard InChI is InChI=1S/C12H15NO4.C8H9NO4.C4H8O/c1-15-10-5-9(12(14)16-2)13-6-11(10)17-7-8-3-4-8;1-12-7-3-5(8(11)13-2)9-4-6(7)10;5-3-4-1-2-4/h5-6,8H,3-4,7H2,1-2H3;3-4,10H,1-2H3;4-5H,1-3H2. The van der Waals surface area contributed by atoms with Gasteiger partial charge in [-0.15, -0.1) is 0 Å². The summed E-state index contributed by atoms with van der Waals surface area (Å²) in [5.74, 6) is 1.42. The van der Waals surface area contributed by atoms with E-state index < -0.39 is 11.9 Å². The highest BCUT2D eigenvalue weighted by Gasteiger charge is 2.23. The van der Waals surface area contributed by atoms with Crippen molar-refractivity contribution in [3.63, 3.8) is 0 Å². The Morgan fingerprint density at radius 3 is 1.77 bits per heavy atom. The smallest absolute Gasteiger partial charge is 0.356 e. The molecule has 0 saturated heterocycles. The van der Waals surface area contributed by atoms with Crippen LogP contribution < -0.4 is 14.2 Å². The number of pyridine rings is 2. The molecule has 2 fully saturated rings. The van der Waals surface area contributed by atoms with Gasteiger partial charge in [0.25, 0.3) is 0 Å². The average Bonchev–Trinajstić information content (AvgIpc) is 3.82. The van der Waals surface area contributed by atoms with Crippen LogP contribution in [0.5, 0.6) is 23.0 Å². The number of carbonyl (C=O) groups is 2. The molecule has 0 amide bonds. The number of rotatable bonds is 8. The van der Waals surface area contributed by atoms with Crippen LogP contribution in [0.4, 0.5) is 0 Å². The van der Waals surface area contributed by atoms with Gasteiger partial charge in [-0.1, -0.05) is 0 Å². The van der Waals surface area contributed by atoms with Gasteiger partial charge in [0.2, 0.25) is 0 Å². The van der Waals surface area contributed by atoms with Gasteiger partial charge in [0.15, 0.2) is 34.4 Å². The summed E-state index contributed by atoms with van der Waals surface area (Å²) in [5, 5.41) is 17.4. The Hall–Kier alpha value is -3.60. The Balaban J connectivity index is 0.000000211. The summed E-state index contributed by atoms with van der Waals surface area (Å²) in [5.41, 5.74) is 0.306. The molecule has 4 rings (SSSR count). The normalized spacial score (nSPS) is 13.7. The van der Waals surface area contributed by atoms with Crippen molar-refractivity contribution in [2.45, 2.75) is 25.7 Å². The number of methoxy groups -OCH3 is 4. The minimum Gasteiger partial charge on any atom is -0.503 e. The minimum atomic E-state index is -0.571. The zero-order valence-corrected chi connectivity index (χ0v) is 20.4. The molecule has 2 heterocycles. The number of aliphatic hydroxyl groups is 1. The third-order valence-corrected chi connectivity index (χ3v) is 5.03. The fraction of sp³-hybridized carbons (Fsp3) is 0.500. The largest absolute Gasteiger partial charge is 0.503 e. The van der Waals surface area contributed by atoms with Crippen molar-refractivity contribution >= 4 is 11.9 Å². The van der Waals surface area contributed by atoms with E-state index in [2.05, 4.69) is 19.4 Å². The number of hydrogen-bond donors (Lipinski definition) is 2. The van der Waals surface area contributed by atoms with Crippen molar-refractivity contribution in [2.75, 3.05) is 41.7 Å². The number of ether oxygens (including phenoxy) is 5. The van der Waals surface area contributed by atoms with Crippen molar-refractivity contribution in [3.05, 3.63) is 35.9 Å². The molecule has 0 atom stereocenters. The van der Waals surface area contributed by atoms with Crippen LogP contribution in [-0.4, -0.2) is 73.8 Å². The first kappa shape index (κ1) is 27.6. The lowest BCUT2D eigenvalue weighted by atomic mass is 10.3. The lowest BCUT2D eigenvalue weighted by molar-refractivity contribution is 0.0584. The van der Waals surface area contributed by atoms with Crippen LogP contribution in [0.3, 0.4) is 0 Å². The van der Waals surface area contributed by atoms with Crippen LogP contribution in [0.25, 0.3) is 0 Å². The molecule has 2 aliphatic carbocycles. The van der Waals surface area contributed by atoms with Gasteiger partial charge in [0, 0.05) is 18.7 Å². The number of esters is 2. The molecule has 192 valence electrons. The van der Waals surface area contributed by atoms with E-state index in [1.165, 1.54) is 72.5 Å². The van der Waals surface area contributed by atoms with E-state index in [4.69, 9.17) is 24.4 Å². The first-order valence-corrected chi connectivity index (χ1v) is 11.0. The predicted octanol–water partition coefficient (Wildman–Crippen LogP) is 2.64. The SMILES string of the molecule is COC(=O)c1cc(OC)c(O)cn1.COC(=O)c1cc(OC)c(OCC2CC2)cn1.OCC1CC1. The van der Waals surface area contributed by atoms with E-state index >= 15 is 0 Å². The number of aromatic hydroxyl groups is 1. The summed E-state index contributed by atoms with van der Waals surface area (Å²) >= 11 is 0. The van der Waals surface area contributed by atoms with Crippen molar-refractivity contribution in [1.29, 1.82) is 0 Å². The summed E-state index contributed by atoms with van der Waals surface area (Å²) in [6.45, 7) is 1.09. The fourth-order valence-corrected chi connectivity index (χ4v) is 2.51. The van der Waals surface area contributed by atoms with Gasteiger partial charge < -0.3 is 33.9 Å². The molecule has 2 N–H and O–H groups in total. The topological polar surface area (TPSA) is 147 Å². The Labute approximate surface area is 204 Å². The molecule has 2 aromatic rings. The van der Waals surface area contributed by atoms with E-state index in [0.717, 1.165) is 6.20 Å². The van der Waals surface area contributed by atoms with Gasteiger partial charge in [-0.05, 0) is 37.5 Å². The number of aliphatic hydroxyl groups excluding tert-OH is 1. The second-order valence-electron chi connectivity index (χ2n) is 7.83. The van der Waals surface area contributed by atoms with Crippen LogP contribution in [-0.2, 0) is 9.47 Å². The van der Waals surface area contributed by atoms with E-state index in [9.17, 15) is 9.59 Å². The van der Waals surface area contributed by atoms with Gasteiger partial charge in [-0.3, -0.25) is 0 Å². The maximum Gasteiger partial charge on any atom is 0.356 e. The number of carbonyl (C=O) groups excluding carboxylic acids is 2. The van der Waals surface area contributed by atoms with E-state index in [1.807, 2.05) is 0 Å². The van der Waals surface area contributed by atoms with E-state index in [1.54, 1.807) is 0 Å². The van der Waals surface area contributed by atoms with Crippen molar-refractivity contribution in [3.8, 4) is 23.0 Å². The number of hydrogen-bond acceptors (Lipinski definition) is 11. The molecule has 0 aromatic carbocycles. The molecular weight excluding hydrogens is 460 g/mol. The van der Waals surface area contributed by atoms with Gasteiger partial charge in [0.1, 0.15) is 0 Å². The highest BCUT2D eigenvalue weighted by molar-refractivity contribution is 5.88. The highest BCUT2D eigenvalue weighted by Crippen LogP contribution is 2.32. The Morgan fingerprint density at radius 1 is 0.829 bits per heavy atom. The zero-order valence-electron chi connectivity index (χ0n) is 20.4. The first-order valence-electron chi connectivity index (χ1n) is 11.0. The quantitative estimate of drug-likeness (QED) is 0.524. The van der Waals surface area contributed by atoms with Crippen LogP contribution >= 0.6 is 0 Å². The molecular formula is C24H32N2O9. The Bertz CT molecular complexity index is 975.